The first-order chi connectivity index (χ1) is 17.9. The van der Waals surface area contributed by atoms with Gasteiger partial charge in [-0.05, 0) is 66.6 Å². The van der Waals surface area contributed by atoms with E-state index < -0.39 is 0 Å². The van der Waals surface area contributed by atoms with E-state index in [-0.39, 0.29) is 17.4 Å². The van der Waals surface area contributed by atoms with Gasteiger partial charge in [-0.3, -0.25) is 14.4 Å². The molecule has 186 valence electrons. The van der Waals surface area contributed by atoms with Crippen molar-refractivity contribution in [2.24, 2.45) is 0 Å². The van der Waals surface area contributed by atoms with Crippen LogP contribution in [0.5, 0.6) is 0 Å². The fraction of sp³-hybridized carbons (Fsp3) is 0.172. The fourth-order valence-corrected chi connectivity index (χ4v) is 4.00. The predicted octanol–water partition coefficient (Wildman–Crippen LogP) is 3.16. The third kappa shape index (κ3) is 6.03. The first kappa shape index (κ1) is 25.2. The fourth-order valence-electron chi connectivity index (χ4n) is 4.00. The van der Waals surface area contributed by atoms with Crippen LogP contribution in [0.1, 0.15) is 37.7 Å². The van der Waals surface area contributed by atoms with Crippen LogP contribution < -0.4 is 21.1 Å². The number of nitrogens with one attached hydrogen (secondary N) is 3. The molecule has 0 fully saturated rings. The summed E-state index contributed by atoms with van der Waals surface area (Å²) >= 11 is 0. The van der Waals surface area contributed by atoms with Gasteiger partial charge in [-0.15, -0.1) is 6.42 Å². The van der Waals surface area contributed by atoms with Crippen molar-refractivity contribution in [3.63, 3.8) is 0 Å². The van der Waals surface area contributed by atoms with E-state index in [1.165, 1.54) is 0 Å². The van der Waals surface area contributed by atoms with Crippen molar-refractivity contribution in [1.82, 2.24) is 20.6 Å². The maximum absolute atomic E-state index is 12.7. The standard InChI is InChI=1S/C29H27N5O3/c1-4-15-34(18-21-7-14-26-25(16-21)29(37)33-19(2)32-26)24-12-10-23(11-13-24)28(36)31-17-20-5-8-22(9-6-20)27(35)30-3/h1,5-14,16H,15,17-18H2,2-3H3,(H,30,35)(H,31,36)(H,32,33,37). The molecule has 0 unspecified atom stereocenters. The molecule has 1 aromatic heterocycles. The number of benzene rings is 3. The van der Waals surface area contributed by atoms with Crippen molar-refractivity contribution in [3.8, 4) is 12.3 Å². The lowest BCUT2D eigenvalue weighted by molar-refractivity contribution is 0.0946. The van der Waals surface area contributed by atoms with Crippen molar-refractivity contribution in [3.05, 3.63) is 105 Å². The number of H-pyrrole nitrogens is 1. The third-order valence-corrected chi connectivity index (χ3v) is 5.93. The molecule has 3 N–H and O–H groups in total. The SMILES string of the molecule is C#CCN(Cc1ccc2nc(C)[nH]c(=O)c2c1)c1ccc(C(=O)NCc2ccc(C(=O)NC)cc2)cc1. The number of carbonyl (C=O) groups is 2. The molecule has 2 amide bonds. The topological polar surface area (TPSA) is 107 Å². The van der Waals surface area contributed by atoms with E-state index in [1.54, 1.807) is 38.2 Å². The molecule has 0 aliphatic rings. The molecule has 0 bridgehead atoms. The van der Waals surface area contributed by atoms with Crippen LogP contribution in [0.4, 0.5) is 5.69 Å². The Hall–Kier alpha value is -4.90. The van der Waals surface area contributed by atoms with Gasteiger partial charge in [0.1, 0.15) is 5.82 Å². The number of amides is 2. The molecule has 0 radical (unpaired) electrons. The number of aryl methyl sites for hydroxylation is 1. The Kier molecular flexibility index (Phi) is 7.65. The molecule has 0 saturated heterocycles. The molecule has 37 heavy (non-hydrogen) atoms. The third-order valence-electron chi connectivity index (χ3n) is 5.93. The number of rotatable bonds is 8. The second-order valence-electron chi connectivity index (χ2n) is 8.57. The zero-order chi connectivity index (χ0) is 26.4. The number of aromatic nitrogens is 2. The number of fused-ring (bicyclic) bond motifs is 1. The molecule has 4 rings (SSSR count). The van der Waals surface area contributed by atoms with Gasteiger partial charge >= 0.3 is 0 Å². The number of hydrogen-bond donors (Lipinski definition) is 3. The molecule has 0 saturated carbocycles. The lowest BCUT2D eigenvalue weighted by Gasteiger charge is -2.23. The molecule has 0 aliphatic heterocycles. The summed E-state index contributed by atoms with van der Waals surface area (Å²) in [6, 6.07) is 19.9. The molecule has 1 heterocycles. The minimum atomic E-state index is -0.207. The Morgan fingerprint density at radius 2 is 1.62 bits per heavy atom. The summed E-state index contributed by atoms with van der Waals surface area (Å²) in [6.45, 7) is 2.94. The van der Waals surface area contributed by atoms with Crippen LogP contribution in [-0.2, 0) is 13.1 Å². The Balaban J connectivity index is 1.43. The summed E-state index contributed by atoms with van der Waals surface area (Å²) in [5.41, 5.74) is 4.21. The second-order valence-corrected chi connectivity index (χ2v) is 8.57. The quantitative estimate of drug-likeness (QED) is 0.327. The van der Waals surface area contributed by atoms with Crippen LogP contribution >= 0.6 is 0 Å². The summed E-state index contributed by atoms with van der Waals surface area (Å²) in [7, 11) is 1.58. The summed E-state index contributed by atoms with van der Waals surface area (Å²) in [5, 5.41) is 6.00. The largest absolute Gasteiger partial charge is 0.356 e. The van der Waals surface area contributed by atoms with Crippen molar-refractivity contribution in [1.29, 1.82) is 0 Å². The smallest absolute Gasteiger partial charge is 0.258 e. The number of carbonyl (C=O) groups excluding carboxylic acids is 2. The number of aromatic amines is 1. The lowest BCUT2D eigenvalue weighted by atomic mass is 10.1. The monoisotopic (exact) mass is 493 g/mol. The van der Waals surface area contributed by atoms with Gasteiger partial charge in [-0.2, -0.15) is 0 Å². The first-order valence-corrected chi connectivity index (χ1v) is 11.7. The maximum atomic E-state index is 12.7. The van der Waals surface area contributed by atoms with Crippen LogP contribution in [-0.4, -0.2) is 35.4 Å². The van der Waals surface area contributed by atoms with Gasteiger partial charge in [0, 0.05) is 37.0 Å². The van der Waals surface area contributed by atoms with Crippen LogP contribution in [0.25, 0.3) is 10.9 Å². The van der Waals surface area contributed by atoms with Crippen molar-refractivity contribution in [2.45, 2.75) is 20.0 Å². The highest BCUT2D eigenvalue weighted by atomic mass is 16.2. The van der Waals surface area contributed by atoms with Crippen molar-refractivity contribution in [2.75, 3.05) is 18.5 Å². The molecular weight excluding hydrogens is 466 g/mol. The Bertz CT molecular complexity index is 1530. The van der Waals surface area contributed by atoms with E-state index >= 15 is 0 Å². The highest BCUT2D eigenvalue weighted by molar-refractivity contribution is 5.95. The molecule has 4 aromatic rings. The molecule has 8 nitrogen and oxygen atoms in total. The Morgan fingerprint density at radius 3 is 2.30 bits per heavy atom. The minimum Gasteiger partial charge on any atom is -0.356 e. The second kappa shape index (κ2) is 11.2. The normalized spacial score (nSPS) is 10.5. The number of anilines is 1. The zero-order valence-corrected chi connectivity index (χ0v) is 20.7. The van der Waals surface area contributed by atoms with E-state index in [1.807, 2.05) is 47.4 Å². The van der Waals surface area contributed by atoms with Crippen LogP contribution in [0.2, 0.25) is 0 Å². The predicted molar refractivity (Wildman–Crippen MR) is 144 cm³/mol. The number of terminal acetylenes is 1. The van der Waals surface area contributed by atoms with E-state index in [9.17, 15) is 14.4 Å². The van der Waals surface area contributed by atoms with Gasteiger partial charge in [-0.25, -0.2) is 4.98 Å². The van der Waals surface area contributed by atoms with E-state index in [2.05, 4.69) is 26.5 Å². The van der Waals surface area contributed by atoms with Crippen molar-refractivity contribution >= 4 is 28.4 Å². The molecule has 0 spiro atoms. The van der Waals surface area contributed by atoms with Gasteiger partial charge in [0.15, 0.2) is 0 Å². The van der Waals surface area contributed by atoms with Crippen LogP contribution in [0.3, 0.4) is 0 Å². The summed E-state index contributed by atoms with van der Waals surface area (Å²) in [6.07, 6.45) is 5.62. The average Bonchev–Trinajstić information content (AvgIpc) is 2.91. The zero-order valence-electron chi connectivity index (χ0n) is 20.7. The highest BCUT2D eigenvalue weighted by Gasteiger charge is 2.11. The van der Waals surface area contributed by atoms with Gasteiger partial charge in [0.25, 0.3) is 17.4 Å². The highest BCUT2D eigenvalue weighted by Crippen LogP contribution is 2.20. The molecule has 3 aromatic carbocycles. The number of nitrogens with zero attached hydrogens (tertiary/aromatic N) is 2. The van der Waals surface area contributed by atoms with Gasteiger partial charge in [0.2, 0.25) is 0 Å². The maximum Gasteiger partial charge on any atom is 0.258 e. The minimum absolute atomic E-state index is 0.157. The van der Waals surface area contributed by atoms with Gasteiger partial charge in [-0.1, -0.05) is 24.1 Å². The van der Waals surface area contributed by atoms with Crippen molar-refractivity contribution < 1.29 is 9.59 Å². The van der Waals surface area contributed by atoms with Gasteiger partial charge in [0.05, 0.1) is 17.4 Å². The molecular formula is C29H27N5O3. The van der Waals surface area contributed by atoms with Crippen LogP contribution in [0.15, 0.2) is 71.5 Å². The molecule has 0 atom stereocenters. The number of hydrogen-bond acceptors (Lipinski definition) is 5. The van der Waals surface area contributed by atoms with E-state index in [0.29, 0.717) is 47.5 Å². The lowest BCUT2D eigenvalue weighted by Crippen LogP contribution is -2.24. The summed E-state index contributed by atoms with van der Waals surface area (Å²) in [5.74, 6) is 2.88. The Morgan fingerprint density at radius 1 is 0.973 bits per heavy atom. The van der Waals surface area contributed by atoms with E-state index in [4.69, 9.17) is 6.42 Å². The molecule has 0 aliphatic carbocycles. The summed E-state index contributed by atoms with van der Waals surface area (Å²) < 4.78 is 0. The van der Waals surface area contributed by atoms with Crippen LogP contribution in [0, 0.1) is 19.3 Å². The first-order valence-electron chi connectivity index (χ1n) is 11.7. The molecule has 8 heteroatoms. The van der Waals surface area contributed by atoms with Gasteiger partial charge < -0.3 is 20.5 Å². The average molecular weight is 494 g/mol. The van der Waals surface area contributed by atoms with E-state index in [0.717, 1.165) is 16.8 Å². The Labute approximate surface area is 214 Å². The summed E-state index contributed by atoms with van der Waals surface area (Å²) in [4.78, 5) is 45.7.